The summed E-state index contributed by atoms with van der Waals surface area (Å²) in [5, 5.41) is 9.15. The van der Waals surface area contributed by atoms with Gasteiger partial charge in [0.1, 0.15) is 23.3 Å². The van der Waals surface area contributed by atoms with Gasteiger partial charge in [-0.1, -0.05) is 6.07 Å². The minimum absolute atomic E-state index is 0.106. The van der Waals surface area contributed by atoms with Crippen LogP contribution in [0.3, 0.4) is 0 Å². The molecule has 1 aromatic heterocycles. The molecule has 0 saturated carbocycles. The molecular formula is C16H11F3N2O2. The molecule has 0 unspecified atom stereocenters. The zero-order valence-electron chi connectivity index (χ0n) is 12.0. The predicted molar refractivity (Wildman–Crippen MR) is 76.5 cm³/mol. The van der Waals surface area contributed by atoms with E-state index >= 15 is 0 Å². The maximum atomic E-state index is 12.4. The van der Waals surface area contributed by atoms with Gasteiger partial charge in [0.05, 0.1) is 25.1 Å². The average molecular weight is 320 g/mol. The summed E-state index contributed by atoms with van der Waals surface area (Å²) in [6, 6.07) is 8.74. The number of nitrogens with zero attached hydrogens (tertiary/aromatic N) is 2. The first kappa shape index (κ1) is 16.4. The second-order valence-electron chi connectivity index (χ2n) is 4.38. The first-order chi connectivity index (χ1) is 10.9. The normalized spacial score (nSPS) is 11.3. The van der Waals surface area contributed by atoms with Crippen LogP contribution < -0.4 is 4.74 Å². The molecule has 0 atom stereocenters. The monoisotopic (exact) mass is 320 g/mol. The van der Waals surface area contributed by atoms with Crippen LogP contribution >= 0.6 is 0 Å². The highest BCUT2D eigenvalue weighted by Crippen LogP contribution is 2.30. The van der Waals surface area contributed by atoms with Crippen molar-refractivity contribution in [1.29, 1.82) is 5.26 Å². The predicted octanol–water partition coefficient (Wildman–Crippen LogP) is 4.38. The van der Waals surface area contributed by atoms with Crippen LogP contribution in [0.1, 0.15) is 16.8 Å². The van der Waals surface area contributed by atoms with Crippen molar-refractivity contribution in [2.75, 3.05) is 7.11 Å². The highest BCUT2D eigenvalue weighted by molar-refractivity contribution is 5.56. The third kappa shape index (κ3) is 4.23. The SMILES string of the molecule is COC=Cc1ccc(Oc2ccc(C(F)(F)F)nc2)c(C#N)c1. The molecule has 23 heavy (non-hydrogen) atoms. The molecule has 0 aliphatic heterocycles. The third-order valence-corrected chi connectivity index (χ3v) is 2.78. The minimum Gasteiger partial charge on any atom is -0.504 e. The van der Waals surface area contributed by atoms with Gasteiger partial charge in [0, 0.05) is 0 Å². The standard InChI is InChI=1S/C16H11F3N2O2/c1-22-7-6-11-2-4-14(12(8-11)9-20)23-13-3-5-15(21-10-13)16(17,18)19/h2-8,10H,1H3. The Labute approximate surface area is 130 Å². The Morgan fingerprint density at radius 2 is 2.00 bits per heavy atom. The fraction of sp³-hybridized carbons (Fsp3) is 0.125. The molecule has 0 N–H and O–H groups in total. The van der Waals surface area contributed by atoms with Crippen molar-refractivity contribution in [3.63, 3.8) is 0 Å². The molecule has 0 saturated heterocycles. The lowest BCUT2D eigenvalue weighted by Crippen LogP contribution is -2.07. The molecule has 0 radical (unpaired) electrons. The molecule has 2 aromatic rings. The van der Waals surface area contributed by atoms with E-state index in [1.807, 2.05) is 6.07 Å². The molecule has 0 bridgehead atoms. The largest absolute Gasteiger partial charge is 0.504 e. The van der Waals surface area contributed by atoms with Gasteiger partial charge < -0.3 is 9.47 Å². The van der Waals surface area contributed by atoms with Gasteiger partial charge in [-0.25, -0.2) is 4.98 Å². The summed E-state index contributed by atoms with van der Waals surface area (Å²) in [6.45, 7) is 0. The van der Waals surface area contributed by atoms with Gasteiger partial charge in [-0.05, 0) is 35.9 Å². The number of aromatic nitrogens is 1. The third-order valence-electron chi connectivity index (χ3n) is 2.78. The topological polar surface area (TPSA) is 55.1 Å². The maximum Gasteiger partial charge on any atom is 0.433 e. The van der Waals surface area contributed by atoms with Gasteiger partial charge in [-0.2, -0.15) is 18.4 Å². The lowest BCUT2D eigenvalue weighted by atomic mass is 10.1. The van der Waals surface area contributed by atoms with Crippen molar-refractivity contribution in [1.82, 2.24) is 4.98 Å². The van der Waals surface area contributed by atoms with E-state index in [0.29, 0.717) is 0 Å². The summed E-state index contributed by atoms with van der Waals surface area (Å²) in [5.74, 6) is 0.332. The zero-order chi connectivity index (χ0) is 16.9. The molecule has 7 heteroatoms. The number of hydrogen-bond donors (Lipinski definition) is 0. The molecule has 0 fully saturated rings. The summed E-state index contributed by atoms with van der Waals surface area (Å²) < 4.78 is 47.6. The summed E-state index contributed by atoms with van der Waals surface area (Å²) in [6.07, 6.45) is -0.435. The van der Waals surface area contributed by atoms with Crippen LogP contribution in [0.4, 0.5) is 13.2 Å². The Morgan fingerprint density at radius 1 is 1.22 bits per heavy atom. The number of halogens is 3. The molecule has 4 nitrogen and oxygen atoms in total. The van der Waals surface area contributed by atoms with Gasteiger partial charge in [0.15, 0.2) is 0 Å². The number of pyridine rings is 1. The molecule has 0 aliphatic carbocycles. The van der Waals surface area contributed by atoms with Gasteiger partial charge >= 0.3 is 6.18 Å². The van der Waals surface area contributed by atoms with Crippen LogP contribution in [0, 0.1) is 11.3 Å². The van der Waals surface area contributed by atoms with Crippen molar-refractivity contribution >= 4 is 6.08 Å². The number of alkyl halides is 3. The van der Waals surface area contributed by atoms with Crippen LogP contribution in [0.15, 0.2) is 42.8 Å². The first-order valence-electron chi connectivity index (χ1n) is 6.38. The van der Waals surface area contributed by atoms with Gasteiger partial charge in [-0.3, -0.25) is 0 Å². The minimum atomic E-state index is -4.51. The average Bonchev–Trinajstić information content (AvgIpc) is 2.53. The Kier molecular flexibility index (Phi) is 4.86. The lowest BCUT2D eigenvalue weighted by Gasteiger charge is -2.09. The molecule has 0 amide bonds. The van der Waals surface area contributed by atoms with Crippen molar-refractivity contribution in [2.45, 2.75) is 6.18 Å². The van der Waals surface area contributed by atoms with E-state index in [4.69, 9.17) is 14.7 Å². The van der Waals surface area contributed by atoms with E-state index < -0.39 is 11.9 Å². The molecule has 0 spiro atoms. The van der Waals surface area contributed by atoms with Gasteiger partial charge in [0.2, 0.25) is 0 Å². The van der Waals surface area contributed by atoms with Crippen LogP contribution in [-0.4, -0.2) is 12.1 Å². The maximum absolute atomic E-state index is 12.4. The van der Waals surface area contributed by atoms with Crippen LogP contribution in [0.2, 0.25) is 0 Å². The number of ether oxygens (including phenoxy) is 2. The smallest absolute Gasteiger partial charge is 0.433 e. The summed E-state index contributed by atoms with van der Waals surface area (Å²) in [7, 11) is 1.50. The zero-order valence-corrected chi connectivity index (χ0v) is 12.0. The number of benzene rings is 1. The summed E-state index contributed by atoms with van der Waals surface area (Å²) in [5.41, 5.74) is -0.0464. The van der Waals surface area contributed by atoms with Crippen LogP contribution in [0.5, 0.6) is 11.5 Å². The molecule has 1 heterocycles. The van der Waals surface area contributed by atoms with Crippen LogP contribution in [-0.2, 0) is 10.9 Å². The van der Waals surface area contributed by atoms with Crippen molar-refractivity contribution in [2.24, 2.45) is 0 Å². The quantitative estimate of drug-likeness (QED) is 0.784. The molecule has 118 valence electrons. The summed E-state index contributed by atoms with van der Waals surface area (Å²) >= 11 is 0. The van der Waals surface area contributed by atoms with Gasteiger partial charge in [0.25, 0.3) is 0 Å². The number of rotatable bonds is 4. The highest BCUT2D eigenvalue weighted by Gasteiger charge is 2.32. The second-order valence-corrected chi connectivity index (χ2v) is 4.38. The van der Waals surface area contributed by atoms with E-state index in [1.54, 1.807) is 24.3 Å². The van der Waals surface area contributed by atoms with E-state index in [9.17, 15) is 13.2 Å². The molecule has 1 aromatic carbocycles. The molecule has 0 aliphatic rings. The van der Waals surface area contributed by atoms with Gasteiger partial charge in [-0.15, -0.1) is 0 Å². The number of nitriles is 1. The van der Waals surface area contributed by atoms with Crippen molar-refractivity contribution in [3.8, 4) is 17.6 Å². The molecular weight excluding hydrogens is 309 g/mol. The second kappa shape index (κ2) is 6.83. The fourth-order valence-electron chi connectivity index (χ4n) is 1.71. The highest BCUT2D eigenvalue weighted by atomic mass is 19.4. The van der Waals surface area contributed by atoms with E-state index in [2.05, 4.69) is 4.98 Å². The van der Waals surface area contributed by atoms with E-state index in [1.165, 1.54) is 13.4 Å². The molecule has 2 rings (SSSR count). The lowest BCUT2D eigenvalue weighted by molar-refractivity contribution is -0.141. The Bertz CT molecular complexity index is 747. The van der Waals surface area contributed by atoms with Crippen molar-refractivity contribution < 1.29 is 22.6 Å². The Morgan fingerprint density at radius 3 is 2.57 bits per heavy atom. The van der Waals surface area contributed by atoms with Crippen molar-refractivity contribution in [3.05, 3.63) is 59.6 Å². The Balaban J connectivity index is 2.23. The summed E-state index contributed by atoms with van der Waals surface area (Å²) in [4.78, 5) is 3.30. The van der Waals surface area contributed by atoms with E-state index in [0.717, 1.165) is 23.9 Å². The Hall–Kier alpha value is -3.01. The van der Waals surface area contributed by atoms with Crippen LogP contribution in [0.25, 0.3) is 6.08 Å². The fourth-order valence-corrected chi connectivity index (χ4v) is 1.71. The number of methoxy groups -OCH3 is 1. The van der Waals surface area contributed by atoms with E-state index in [-0.39, 0.29) is 17.1 Å². The number of hydrogen-bond acceptors (Lipinski definition) is 4. The first-order valence-corrected chi connectivity index (χ1v) is 6.38.